The Labute approximate surface area is 179 Å². The highest BCUT2D eigenvalue weighted by Gasteiger charge is 2.26. The van der Waals surface area contributed by atoms with Crippen molar-refractivity contribution in [1.82, 2.24) is 24.8 Å². The van der Waals surface area contributed by atoms with Gasteiger partial charge < -0.3 is 20.1 Å². The second-order valence-electron chi connectivity index (χ2n) is 7.91. The van der Waals surface area contributed by atoms with E-state index in [2.05, 4.69) is 20.6 Å². The molecule has 0 aliphatic heterocycles. The lowest BCUT2D eigenvalue weighted by Crippen LogP contribution is -2.25. The molecule has 1 saturated carbocycles. The Bertz CT molecular complexity index is 1150. The molecule has 31 heavy (non-hydrogen) atoms. The molecule has 2 amide bonds. The molecule has 2 aromatic heterocycles. The van der Waals surface area contributed by atoms with E-state index in [4.69, 9.17) is 0 Å². The summed E-state index contributed by atoms with van der Waals surface area (Å²) in [6, 6.07) is 6.18. The standard InChI is InChI=1S/C22H25FN6O2/c1-24-20(30)13-8-9-17(16(23)10-13)26-22-25-12-14-11-18(21(31)28(2)3)29(19(14)27-22)15-6-4-5-7-15/h8-12,15H,4-7H2,1-3H3,(H,24,30)(H,25,26,27). The third kappa shape index (κ3) is 3.95. The van der Waals surface area contributed by atoms with Gasteiger partial charge in [-0.2, -0.15) is 4.98 Å². The molecule has 1 aliphatic rings. The number of fused-ring (bicyclic) bond motifs is 1. The lowest BCUT2D eigenvalue weighted by Gasteiger charge is -2.19. The summed E-state index contributed by atoms with van der Waals surface area (Å²) in [6.07, 6.45) is 5.83. The molecule has 2 N–H and O–H groups in total. The zero-order valence-corrected chi connectivity index (χ0v) is 17.8. The SMILES string of the molecule is CNC(=O)c1ccc(Nc2ncc3cc(C(=O)N(C)C)n(C4CCCC4)c3n2)c(F)c1. The summed E-state index contributed by atoms with van der Waals surface area (Å²) in [4.78, 5) is 34.9. The Balaban J connectivity index is 1.73. The number of nitrogens with one attached hydrogen (secondary N) is 2. The van der Waals surface area contributed by atoms with Crippen molar-refractivity contribution >= 4 is 34.5 Å². The summed E-state index contributed by atoms with van der Waals surface area (Å²) in [6.45, 7) is 0. The number of hydrogen-bond acceptors (Lipinski definition) is 5. The van der Waals surface area contributed by atoms with E-state index in [1.807, 2.05) is 10.6 Å². The molecular weight excluding hydrogens is 399 g/mol. The molecule has 162 valence electrons. The maximum atomic E-state index is 14.5. The third-order valence-electron chi connectivity index (χ3n) is 5.60. The van der Waals surface area contributed by atoms with Gasteiger partial charge in [-0.1, -0.05) is 12.8 Å². The van der Waals surface area contributed by atoms with Crippen LogP contribution in [0.4, 0.5) is 16.0 Å². The molecule has 0 unspecified atom stereocenters. The first-order valence-corrected chi connectivity index (χ1v) is 10.3. The Hall–Kier alpha value is -3.49. The number of benzene rings is 1. The number of amides is 2. The van der Waals surface area contributed by atoms with Gasteiger partial charge in [-0.05, 0) is 37.1 Å². The predicted molar refractivity (Wildman–Crippen MR) is 116 cm³/mol. The first kappa shape index (κ1) is 20.8. The fourth-order valence-electron chi connectivity index (χ4n) is 4.02. The number of nitrogens with zero attached hydrogens (tertiary/aromatic N) is 4. The number of hydrogen-bond donors (Lipinski definition) is 2. The van der Waals surface area contributed by atoms with Crippen LogP contribution in [0.5, 0.6) is 0 Å². The van der Waals surface area contributed by atoms with Gasteiger partial charge >= 0.3 is 0 Å². The molecule has 0 saturated heterocycles. The van der Waals surface area contributed by atoms with E-state index < -0.39 is 5.82 Å². The van der Waals surface area contributed by atoms with Crippen molar-refractivity contribution in [1.29, 1.82) is 0 Å². The van der Waals surface area contributed by atoms with Crippen molar-refractivity contribution in [3.63, 3.8) is 0 Å². The molecule has 4 rings (SSSR count). The molecule has 0 spiro atoms. The first-order valence-electron chi connectivity index (χ1n) is 10.3. The van der Waals surface area contributed by atoms with Crippen LogP contribution in [0.1, 0.15) is 52.6 Å². The number of carbonyl (C=O) groups excluding carboxylic acids is 2. The maximum absolute atomic E-state index is 14.5. The summed E-state index contributed by atoms with van der Waals surface area (Å²) in [7, 11) is 4.94. The van der Waals surface area contributed by atoms with Gasteiger partial charge in [-0.3, -0.25) is 9.59 Å². The van der Waals surface area contributed by atoms with Gasteiger partial charge in [-0.15, -0.1) is 0 Å². The summed E-state index contributed by atoms with van der Waals surface area (Å²) in [5, 5.41) is 6.12. The van der Waals surface area contributed by atoms with E-state index >= 15 is 0 Å². The van der Waals surface area contributed by atoms with Crippen molar-refractivity contribution in [2.24, 2.45) is 0 Å². The van der Waals surface area contributed by atoms with Gasteiger partial charge in [0.15, 0.2) is 0 Å². The molecule has 0 bridgehead atoms. The number of halogens is 1. The zero-order valence-electron chi connectivity index (χ0n) is 17.8. The molecule has 0 atom stereocenters. The molecule has 3 aromatic rings. The first-order chi connectivity index (χ1) is 14.9. The monoisotopic (exact) mass is 424 g/mol. The number of carbonyl (C=O) groups is 2. The second-order valence-corrected chi connectivity index (χ2v) is 7.91. The van der Waals surface area contributed by atoms with Crippen LogP contribution in [-0.2, 0) is 0 Å². The second kappa shape index (κ2) is 8.33. The highest BCUT2D eigenvalue weighted by molar-refractivity contribution is 5.98. The fraction of sp³-hybridized carbons (Fsp3) is 0.364. The van der Waals surface area contributed by atoms with E-state index in [0.717, 1.165) is 37.1 Å². The Morgan fingerprint density at radius 3 is 2.58 bits per heavy atom. The lowest BCUT2D eigenvalue weighted by molar-refractivity contribution is 0.0815. The summed E-state index contributed by atoms with van der Waals surface area (Å²) < 4.78 is 16.5. The average molecular weight is 424 g/mol. The molecule has 1 aliphatic carbocycles. The summed E-state index contributed by atoms with van der Waals surface area (Å²) in [5.41, 5.74) is 1.62. The highest BCUT2D eigenvalue weighted by atomic mass is 19.1. The van der Waals surface area contributed by atoms with Crippen LogP contribution in [0.3, 0.4) is 0 Å². The number of aromatic nitrogens is 3. The Kier molecular flexibility index (Phi) is 5.58. The van der Waals surface area contributed by atoms with Gasteiger partial charge in [0.2, 0.25) is 5.95 Å². The molecule has 9 heteroatoms. The maximum Gasteiger partial charge on any atom is 0.270 e. The van der Waals surface area contributed by atoms with Crippen LogP contribution in [-0.4, -0.2) is 52.4 Å². The fourth-order valence-corrected chi connectivity index (χ4v) is 4.02. The quantitative estimate of drug-likeness (QED) is 0.654. The zero-order chi connectivity index (χ0) is 22.1. The van der Waals surface area contributed by atoms with Gasteiger partial charge in [0.25, 0.3) is 11.8 Å². The molecular formula is C22H25FN6O2. The van der Waals surface area contributed by atoms with E-state index in [1.165, 1.54) is 19.2 Å². The Morgan fingerprint density at radius 1 is 1.19 bits per heavy atom. The summed E-state index contributed by atoms with van der Waals surface area (Å²) in [5.74, 6) is -0.814. The van der Waals surface area contributed by atoms with Gasteiger partial charge in [-0.25, -0.2) is 9.37 Å². The smallest absolute Gasteiger partial charge is 0.270 e. The third-order valence-corrected chi connectivity index (χ3v) is 5.60. The van der Waals surface area contributed by atoms with Crippen molar-refractivity contribution in [2.75, 3.05) is 26.5 Å². The van der Waals surface area contributed by atoms with Gasteiger partial charge in [0, 0.05) is 44.3 Å². The average Bonchev–Trinajstić information content (AvgIpc) is 3.41. The normalized spacial score (nSPS) is 14.1. The van der Waals surface area contributed by atoms with E-state index in [1.54, 1.807) is 25.2 Å². The minimum Gasteiger partial charge on any atom is -0.355 e. The number of rotatable bonds is 5. The van der Waals surface area contributed by atoms with Crippen LogP contribution in [0.15, 0.2) is 30.5 Å². The number of anilines is 2. The van der Waals surface area contributed by atoms with Crippen LogP contribution < -0.4 is 10.6 Å². The summed E-state index contributed by atoms with van der Waals surface area (Å²) >= 11 is 0. The highest BCUT2D eigenvalue weighted by Crippen LogP contribution is 2.35. The van der Waals surface area contributed by atoms with Crippen molar-refractivity contribution < 1.29 is 14.0 Å². The lowest BCUT2D eigenvalue weighted by atomic mass is 10.2. The van der Waals surface area contributed by atoms with Crippen LogP contribution >= 0.6 is 0 Å². The van der Waals surface area contributed by atoms with Crippen molar-refractivity contribution in [3.05, 3.63) is 47.5 Å². The molecule has 8 nitrogen and oxygen atoms in total. The minimum absolute atomic E-state index is 0.0877. The van der Waals surface area contributed by atoms with Gasteiger partial charge in [0.05, 0.1) is 5.69 Å². The van der Waals surface area contributed by atoms with Crippen molar-refractivity contribution in [3.8, 4) is 0 Å². The minimum atomic E-state index is -0.584. The van der Waals surface area contributed by atoms with Gasteiger partial charge in [0.1, 0.15) is 17.2 Å². The molecule has 1 aromatic carbocycles. The molecule has 2 heterocycles. The van der Waals surface area contributed by atoms with Crippen LogP contribution in [0.2, 0.25) is 0 Å². The Morgan fingerprint density at radius 2 is 1.94 bits per heavy atom. The van der Waals surface area contributed by atoms with Crippen LogP contribution in [0, 0.1) is 5.82 Å². The molecule has 0 radical (unpaired) electrons. The molecule has 1 fully saturated rings. The van der Waals surface area contributed by atoms with E-state index in [-0.39, 0.29) is 35.1 Å². The topological polar surface area (TPSA) is 92.1 Å². The van der Waals surface area contributed by atoms with Crippen molar-refractivity contribution in [2.45, 2.75) is 31.7 Å². The van der Waals surface area contributed by atoms with Crippen LogP contribution in [0.25, 0.3) is 11.0 Å². The van der Waals surface area contributed by atoms with E-state index in [0.29, 0.717) is 11.3 Å². The largest absolute Gasteiger partial charge is 0.355 e. The predicted octanol–water partition coefficient (Wildman–Crippen LogP) is 3.49. The van der Waals surface area contributed by atoms with E-state index in [9.17, 15) is 14.0 Å².